The summed E-state index contributed by atoms with van der Waals surface area (Å²) in [6.45, 7) is 6.55. The van der Waals surface area contributed by atoms with E-state index in [0.717, 1.165) is 25.7 Å². The summed E-state index contributed by atoms with van der Waals surface area (Å²) in [5, 5.41) is 0. The third kappa shape index (κ3) is 1.80. The first-order valence-electron chi connectivity index (χ1n) is 9.29. The lowest BCUT2D eigenvalue weighted by Crippen LogP contribution is -2.60. The number of rotatable bonds is 0. The Bertz CT molecular complexity index is 608. The summed E-state index contributed by atoms with van der Waals surface area (Å²) in [6.07, 6.45) is 6.24. The van der Waals surface area contributed by atoms with Gasteiger partial charge in [-0.05, 0) is 48.3 Å². The smallest absolute Gasteiger partial charge is 0.139 e. The molecule has 0 bridgehead atoms. The van der Waals surface area contributed by atoms with Crippen molar-refractivity contribution in [1.82, 2.24) is 0 Å². The van der Waals surface area contributed by atoms with Gasteiger partial charge in [0, 0.05) is 37.0 Å². The summed E-state index contributed by atoms with van der Waals surface area (Å²) in [4.78, 5) is 37.6. The first-order chi connectivity index (χ1) is 10.7. The van der Waals surface area contributed by atoms with E-state index in [0.29, 0.717) is 54.9 Å². The molecule has 4 fully saturated rings. The number of hydrogen-bond acceptors (Lipinski definition) is 3. The van der Waals surface area contributed by atoms with Crippen molar-refractivity contribution in [2.24, 2.45) is 34.0 Å². The third-order valence-electron chi connectivity index (χ3n) is 8.58. The number of fused-ring (bicyclic) bond motifs is 5. The topological polar surface area (TPSA) is 51.2 Å². The van der Waals surface area contributed by atoms with Crippen molar-refractivity contribution >= 4 is 17.3 Å². The zero-order valence-corrected chi connectivity index (χ0v) is 14.6. The van der Waals surface area contributed by atoms with Gasteiger partial charge in [-0.3, -0.25) is 14.4 Å². The van der Waals surface area contributed by atoms with Gasteiger partial charge in [0.15, 0.2) is 0 Å². The van der Waals surface area contributed by atoms with E-state index in [2.05, 4.69) is 13.8 Å². The molecule has 0 N–H and O–H groups in total. The first-order valence-corrected chi connectivity index (χ1v) is 9.29. The van der Waals surface area contributed by atoms with Gasteiger partial charge in [-0.15, -0.1) is 0 Å². The minimum atomic E-state index is -0.396. The fourth-order valence-corrected chi connectivity index (χ4v) is 6.97. The van der Waals surface area contributed by atoms with E-state index in [1.54, 1.807) is 0 Å². The van der Waals surface area contributed by atoms with E-state index >= 15 is 0 Å². The molecule has 0 radical (unpaired) electrons. The SMILES string of the molecule is CC12CCC3C4CCC(=O)[C@@]4(C)CC(=O)C3[C@@]1(C)CCC(=O)C2. The molecule has 4 rings (SSSR count). The highest BCUT2D eigenvalue weighted by Crippen LogP contribution is 2.68. The maximum absolute atomic E-state index is 13.2. The van der Waals surface area contributed by atoms with Crippen molar-refractivity contribution in [1.29, 1.82) is 0 Å². The maximum atomic E-state index is 13.2. The molecule has 6 atom stereocenters. The lowest BCUT2D eigenvalue weighted by molar-refractivity contribution is -0.174. The predicted molar refractivity (Wildman–Crippen MR) is 86.7 cm³/mol. The summed E-state index contributed by atoms with van der Waals surface area (Å²) in [6, 6.07) is 0. The third-order valence-corrected chi connectivity index (χ3v) is 8.58. The molecule has 4 aliphatic rings. The van der Waals surface area contributed by atoms with Gasteiger partial charge < -0.3 is 0 Å². The molecule has 3 heteroatoms. The summed E-state index contributed by atoms with van der Waals surface area (Å²) in [7, 11) is 0. The van der Waals surface area contributed by atoms with Crippen molar-refractivity contribution in [3.05, 3.63) is 0 Å². The molecular formula is C20H28O3. The fraction of sp³-hybridized carbons (Fsp3) is 0.850. The van der Waals surface area contributed by atoms with Crippen LogP contribution in [0, 0.1) is 34.0 Å². The molecule has 0 aliphatic heterocycles. The second-order valence-corrected chi connectivity index (χ2v) is 9.50. The van der Waals surface area contributed by atoms with E-state index < -0.39 is 5.41 Å². The van der Waals surface area contributed by atoms with Crippen LogP contribution in [0.15, 0.2) is 0 Å². The first kappa shape index (κ1) is 15.5. The van der Waals surface area contributed by atoms with Gasteiger partial charge in [0.1, 0.15) is 17.3 Å². The van der Waals surface area contributed by atoms with E-state index in [-0.39, 0.29) is 16.7 Å². The zero-order valence-electron chi connectivity index (χ0n) is 14.6. The highest BCUT2D eigenvalue weighted by Gasteiger charge is 2.66. The van der Waals surface area contributed by atoms with Gasteiger partial charge >= 0.3 is 0 Å². The Morgan fingerprint density at radius 2 is 1.65 bits per heavy atom. The molecule has 23 heavy (non-hydrogen) atoms. The normalized spacial score (nSPS) is 52.8. The van der Waals surface area contributed by atoms with Crippen LogP contribution in [-0.2, 0) is 14.4 Å². The molecule has 3 nitrogen and oxygen atoms in total. The van der Waals surface area contributed by atoms with Gasteiger partial charge in [0.25, 0.3) is 0 Å². The molecule has 0 aromatic carbocycles. The van der Waals surface area contributed by atoms with Crippen LogP contribution in [0.5, 0.6) is 0 Å². The van der Waals surface area contributed by atoms with Crippen LogP contribution in [0.25, 0.3) is 0 Å². The molecule has 0 amide bonds. The van der Waals surface area contributed by atoms with Gasteiger partial charge in [-0.1, -0.05) is 20.8 Å². The molecule has 4 aliphatic carbocycles. The standard InChI is InChI=1S/C20H28O3/c1-18-8-7-13-14-4-5-16(23)19(14,2)11-15(22)17(13)20(18,3)9-6-12(21)10-18/h13-14,17H,4-11H2,1-3H3/t13?,14?,17?,18?,19-,20+/m0/s1. The van der Waals surface area contributed by atoms with E-state index in [9.17, 15) is 14.4 Å². The number of hydrogen-bond donors (Lipinski definition) is 0. The molecule has 0 aromatic heterocycles. The molecule has 126 valence electrons. The Balaban J connectivity index is 1.76. The molecule has 0 spiro atoms. The Labute approximate surface area is 138 Å². The molecule has 0 aromatic rings. The largest absolute Gasteiger partial charge is 0.300 e. The van der Waals surface area contributed by atoms with Crippen LogP contribution >= 0.6 is 0 Å². The summed E-state index contributed by atoms with van der Waals surface area (Å²) in [5.74, 6) is 1.81. The van der Waals surface area contributed by atoms with Gasteiger partial charge in [0.05, 0.1) is 0 Å². The number of carbonyl (C=O) groups excluding carboxylic acids is 3. The zero-order chi connectivity index (χ0) is 16.6. The highest BCUT2D eigenvalue weighted by molar-refractivity contribution is 5.95. The van der Waals surface area contributed by atoms with Gasteiger partial charge in [0.2, 0.25) is 0 Å². The summed E-state index contributed by atoms with van der Waals surface area (Å²) >= 11 is 0. The van der Waals surface area contributed by atoms with Crippen LogP contribution in [0.2, 0.25) is 0 Å². The Hall–Kier alpha value is -0.990. The second-order valence-electron chi connectivity index (χ2n) is 9.50. The molecular weight excluding hydrogens is 288 g/mol. The fourth-order valence-electron chi connectivity index (χ4n) is 6.97. The number of ketones is 3. The average Bonchev–Trinajstić information content (AvgIpc) is 2.75. The van der Waals surface area contributed by atoms with E-state index in [1.807, 2.05) is 6.92 Å². The van der Waals surface area contributed by atoms with Crippen LogP contribution in [0.1, 0.15) is 72.1 Å². The number of carbonyl (C=O) groups is 3. The minimum absolute atomic E-state index is 0.0322. The van der Waals surface area contributed by atoms with Crippen LogP contribution in [-0.4, -0.2) is 17.3 Å². The van der Waals surface area contributed by atoms with Gasteiger partial charge in [-0.2, -0.15) is 0 Å². The van der Waals surface area contributed by atoms with Crippen molar-refractivity contribution in [3.63, 3.8) is 0 Å². The Morgan fingerprint density at radius 1 is 0.913 bits per heavy atom. The second kappa shape index (κ2) is 4.55. The van der Waals surface area contributed by atoms with E-state index in [1.165, 1.54) is 0 Å². The minimum Gasteiger partial charge on any atom is -0.300 e. The maximum Gasteiger partial charge on any atom is 0.139 e. The monoisotopic (exact) mass is 316 g/mol. The van der Waals surface area contributed by atoms with E-state index in [4.69, 9.17) is 0 Å². The average molecular weight is 316 g/mol. The van der Waals surface area contributed by atoms with Crippen LogP contribution < -0.4 is 0 Å². The number of Topliss-reactive ketones (excluding diaryl/α,β-unsaturated/α-hetero) is 3. The van der Waals surface area contributed by atoms with Crippen LogP contribution in [0.4, 0.5) is 0 Å². The molecule has 0 saturated heterocycles. The van der Waals surface area contributed by atoms with Crippen molar-refractivity contribution in [2.75, 3.05) is 0 Å². The van der Waals surface area contributed by atoms with Gasteiger partial charge in [-0.25, -0.2) is 0 Å². The predicted octanol–water partition coefficient (Wildman–Crippen LogP) is 3.74. The quantitative estimate of drug-likeness (QED) is 0.684. The van der Waals surface area contributed by atoms with Crippen molar-refractivity contribution in [3.8, 4) is 0 Å². The lowest BCUT2D eigenvalue weighted by Gasteiger charge is -2.62. The van der Waals surface area contributed by atoms with Crippen LogP contribution in [0.3, 0.4) is 0 Å². The lowest BCUT2D eigenvalue weighted by atomic mass is 9.40. The molecule has 0 heterocycles. The Morgan fingerprint density at radius 3 is 2.39 bits per heavy atom. The molecule has 4 saturated carbocycles. The van der Waals surface area contributed by atoms with Crippen molar-refractivity contribution < 1.29 is 14.4 Å². The highest BCUT2D eigenvalue weighted by atomic mass is 16.1. The molecule has 4 unspecified atom stereocenters. The summed E-state index contributed by atoms with van der Waals surface area (Å²) in [5.41, 5.74) is -0.490. The Kier molecular flexibility index (Phi) is 3.07. The van der Waals surface area contributed by atoms with Crippen molar-refractivity contribution in [2.45, 2.75) is 72.1 Å². The summed E-state index contributed by atoms with van der Waals surface area (Å²) < 4.78 is 0.